The maximum Gasteiger partial charge on any atom is 0.260 e. The Bertz CT molecular complexity index is 571. The number of thiophene rings is 1. The highest BCUT2D eigenvalue weighted by molar-refractivity contribution is 7.17. The molecule has 0 saturated heterocycles. The van der Waals surface area contributed by atoms with Crippen molar-refractivity contribution < 1.29 is 9.59 Å². The molecule has 1 aliphatic rings. The quantitative estimate of drug-likeness (QED) is 0.663. The number of rotatable bonds is 0. The van der Waals surface area contributed by atoms with Crippen LogP contribution < -0.4 is 5.32 Å². The second-order valence-electron chi connectivity index (χ2n) is 3.11. The van der Waals surface area contributed by atoms with Gasteiger partial charge < -0.3 is 0 Å². The monoisotopic (exact) mass is 203 g/mol. The standard InChI is InChI=1S/C10H5NO2S/c12-9-6-2-1-5-3-4-14-8(5)7(6)10(13)11-9/h1-4H,(H,11,12,13). The summed E-state index contributed by atoms with van der Waals surface area (Å²) >= 11 is 1.49. The summed E-state index contributed by atoms with van der Waals surface area (Å²) in [4.78, 5) is 22.8. The number of hydrogen-bond donors (Lipinski definition) is 1. The Kier molecular flexibility index (Phi) is 1.33. The van der Waals surface area contributed by atoms with Crippen LogP contribution in [0.25, 0.3) is 10.1 Å². The molecule has 1 aromatic carbocycles. The van der Waals surface area contributed by atoms with Crippen molar-refractivity contribution in [3.05, 3.63) is 34.7 Å². The predicted octanol–water partition coefficient (Wildman–Crippen LogP) is 1.78. The van der Waals surface area contributed by atoms with Gasteiger partial charge in [0.1, 0.15) is 0 Å². The number of nitrogens with one attached hydrogen (secondary N) is 1. The highest BCUT2D eigenvalue weighted by Crippen LogP contribution is 2.29. The van der Waals surface area contributed by atoms with Crippen molar-refractivity contribution in [3.63, 3.8) is 0 Å². The van der Waals surface area contributed by atoms with Crippen LogP contribution >= 0.6 is 11.3 Å². The van der Waals surface area contributed by atoms with Gasteiger partial charge in [0.2, 0.25) is 0 Å². The number of carbonyl (C=O) groups is 2. The number of benzene rings is 1. The summed E-state index contributed by atoms with van der Waals surface area (Å²) in [6, 6.07) is 5.50. The SMILES string of the molecule is O=C1NC(=O)c2c1ccc1ccsc21. The van der Waals surface area contributed by atoms with Gasteiger partial charge in [0.25, 0.3) is 11.8 Å². The lowest BCUT2D eigenvalue weighted by molar-refractivity contribution is 0.0880. The van der Waals surface area contributed by atoms with Crippen molar-refractivity contribution in [1.29, 1.82) is 0 Å². The van der Waals surface area contributed by atoms with Gasteiger partial charge in [0.15, 0.2) is 0 Å². The van der Waals surface area contributed by atoms with E-state index in [9.17, 15) is 9.59 Å². The molecule has 2 amide bonds. The Morgan fingerprint density at radius 3 is 2.79 bits per heavy atom. The van der Waals surface area contributed by atoms with Crippen molar-refractivity contribution in [3.8, 4) is 0 Å². The lowest BCUT2D eigenvalue weighted by Gasteiger charge is -1.94. The van der Waals surface area contributed by atoms with Crippen molar-refractivity contribution >= 4 is 33.2 Å². The zero-order chi connectivity index (χ0) is 9.71. The summed E-state index contributed by atoms with van der Waals surface area (Å²) in [7, 11) is 0. The summed E-state index contributed by atoms with van der Waals surface area (Å²) < 4.78 is 0.894. The molecule has 0 atom stereocenters. The van der Waals surface area contributed by atoms with Gasteiger partial charge in [-0.3, -0.25) is 14.9 Å². The van der Waals surface area contributed by atoms with E-state index in [0.717, 1.165) is 10.1 Å². The van der Waals surface area contributed by atoms with Gasteiger partial charge in [-0.15, -0.1) is 11.3 Å². The van der Waals surface area contributed by atoms with Gasteiger partial charge in [-0.05, 0) is 22.9 Å². The van der Waals surface area contributed by atoms with E-state index in [1.165, 1.54) is 11.3 Å². The molecule has 3 rings (SSSR count). The number of carbonyl (C=O) groups excluding carboxylic acids is 2. The molecular formula is C10H5NO2S. The molecule has 0 saturated carbocycles. The molecule has 0 radical (unpaired) electrons. The lowest BCUT2D eigenvalue weighted by atomic mass is 10.1. The van der Waals surface area contributed by atoms with Crippen LogP contribution in [0.5, 0.6) is 0 Å². The van der Waals surface area contributed by atoms with Crippen LogP contribution in [0.1, 0.15) is 20.7 Å². The van der Waals surface area contributed by atoms with Crippen LogP contribution in [0.15, 0.2) is 23.6 Å². The maximum atomic E-state index is 11.5. The molecule has 4 heteroatoms. The van der Waals surface area contributed by atoms with Gasteiger partial charge in [0.05, 0.1) is 11.1 Å². The molecule has 0 unspecified atom stereocenters. The molecule has 0 spiro atoms. The van der Waals surface area contributed by atoms with E-state index in [1.54, 1.807) is 6.07 Å². The third-order valence-corrected chi connectivity index (χ3v) is 3.27. The minimum absolute atomic E-state index is 0.280. The van der Waals surface area contributed by atoms with Crippen molar-refractivity contribution in [1.82, 2.24) is 5.32 Å². The second-order valence-corrected chi connectivity index (χ2v) is 4.03. The summed E-state index contributed by atoms with van der Waals surface area (Å²) in [5, 5.41) is 5.22. The first kappa shape index (κ1) is 7.70. The maximum absolute atomic E-state index is 11.5. The Labute approximate surface area is 83.4 Å². The zero-order valence-electron chi connectivity index (χ0n) is 7.03. The fraction of sp³-hybridized carbons (Fsp3) is 0. The van der Waals surface area contributed by atoms with Crippen LogP contribution in [0, 0.1) is 0 Å². The van der Waals surface area contributed by atoms with Crippen LogP contribution in [0.3, 0.4) is 0 Å². The first-order valence-corrected chi connectivity index (χ1v) is 5.01. The molecule has 0 aliphatic carbocycles. The third-order valence-electron chi connectivity index (χ3n) is 2.32. The molecule has 2 heterocycles. The predicted molar refractivity (Wildman–Crippen MR) is 53.6 cm³/mol. The van der Waals surface area contributed by atoms with E-state index in [0.29, 0.717) is 11.1 Å². The topological polar surface area (TPSA) is 46.2 Å². The molecule has 0 fully saturated rings. The molecular weight excluding hydrogens is 198 g/mol. The number of hydrogen-bond acceptors (Lipinski definition) is 3. The summed E-state index contributed by atoms with van der Waals surface area (Å²) in [5.41, 5.74) is 1.02. The Morgan fingerprint density at radius 1 is 1.07 bits per heavy atom. The normalized spacial score (nSPS) is 14.6. The summed E-state index contributed by atoms with van der Waals surface area (Å²) in [6.45, 7) is 0. The van der Waals surface area contributed by atoms with Gasteiger partial charge >= 0.3 is 0 Å². The van der Waals surface area contributed by atoms with Crippen molar-refractivity contribution in [2.24, 2.45) is 0 Å². The number of imide groups is 1. The molecule has 1 aromatic heterocycles. The average Bonchev–Trinajstić information content (AvgIpc) is 2.71. The molecule has 14 heavy (non-hydrogen) atoms. The van der Waals surface area contributed by atoms with Crippen molar-refractivity contribution in [2.75, 3.05) is 0 Å². The van der Waals surface area contributed by atoms with Crippen LogP contribution in [0.4, 0.5) is 0 Å². The van der Waals surface area contributed by atoms with E-state index in [1.807, 2.05) is 17.5 Å². The number of fused-ring (bicyclic) bond motifs is 3. The zero-order valence-corrected chi connectivity index (χ0v) is 7.85. The summed E-state index contributed by atoms with van der Waals surface area (Å²) in [6.07, 6.45) is 0. The Hall–Kier alpha value is -1.68. The van der Waals surface area contributed by atoms with E-state index >= 15 is 0 Å². The van der Waals surface area contributed by atoms with Crippen LogP contribution in [-0.2, 0) is 0 Å². The smallest absolute Gasteiger partial charge is 0.260 e. The van der Waals surface area contributed by atoms with E-state index < -0.39 is 0 Å². The van der Waals surface area contributed by atoms with Crippen LogP contribution in [0.2, 0.25) is 0 Å². The average molecular weight is 203 g/mol. The second kappa shape index (κ2) is 2.42. The molecule has 0 bridgehead atoms. The van der Waals surface area contributed by atoms with Crippen LogP contribution in [-0.4, -0.2) is 11.8 Å². The first-order valence-electron chi connectivity index (χ1n) is 4.13. The molecule has 68 valence electrons. The first-order chi connectivity index (χ1) is 6.77. The lowest BCUT2D eigenvalue weighted by Crippen LogP contribution is -2.19. The minimum Gasteiger partial charge on any atom is -0.288 e. The summed E-state index contributed by atoms with van der Waals surface area (Å²) in [5.74, 6) is -0.571. The molecule has 2 aromatic rings. The third kappa shape index (κ3) is 0.807. The molecule has 1 N–H and O–H groups in total. The van der Waals surface area contributed by atoms with Crippen molar-refractivity contribution in [2.45, 2.75) is 0 Å². The molecule has 1 aliphatic heterocycles. The Balaban J connectivity index is 2.51. The highest BCUT2D eigenvalue weighted by Gasteiger charge is 2.28. The largest absolute Gasteiger partial charge is 0.288 e. The Morgan fingerprint density at radius 2 is 1.93 bits per heavy atom. The van der Waals surface area contributed by atoms with Gasteiger partial charge in [-0.1, -0.05) is 6.07 Å². The van der Waals surface area contributed by atoms with Gasteiger partial charge in [0, 0.05) is 4.70 Å². The number of amides is 2. The van der Waals surface area contributed by atoms with Gasteiger partial charge in [-0.25, -0.2) is 0 Å². The van der Waals surface area contributed by atoms with E-state index in [-0.39, 0.29) is 11.8 Å². The molecule has 3 nitrogen and oxygen atoms in total. The van der Waals surface area contributed by atoms with E-state index in [2.05, 4.69) is 5.32 Å². The highest BCUT2D eigenvalue weighted by atomic mass is 32.1. The fourth-order valence-corrected chi connectivity index (χ4v) is 2.62. The minimum atomic E-state index is -0.291. The fourth-order valence-electron chi connectivity index (χ4n) is 1.68. The van der Waals surface area contributed by atoms with Gasteiger partial charge in [-0.2, -0.15) is 0 Å². The van der Waals surface area contributed by atoms with E-state index in [4.69, 9.17) is 0 Å².